The molecule has 1 heterocycles. The molecule has 1 amide bonds. The van der Waals surface area contributed by atoms with E-state index in [0.717, 1.165) is 30.0 Å². The first-order valence-electron chi connectivity index (χ1n) is 5.54. The van der Waals surface area contributed by atoms with Gasteiger partial charge in [-0.3, -0.25) is 4.79 Å². The van der Waals surface area contributed by atoms with Gasteiger partial charge in [0.15, 0.2) is 5.82 Å². The van der Waals surface area contributed by atoms with Crippen molar-refractivity contribution in [2.75, 3.05) is 24.3 Å². The van der Waals surface area contributed by atoms with E-state index in [0.29, 0.717) is 0 Å². The van der Waals surface area contributed by atoms with Crippen LogP contribution < -0.4 is 10.2 Å². The number of carbonyl (C=O) groups excluding carboxylic acids is 1. The second kappa shape index (κ2) is 4.12. The molecule has 1 N–H and O–H groups in total. The minimum atomic E-state index is 0.119. The molecular weight excluding hydrogens is 202 g/mol. The SMILES string of the molecule is Cc1ccc(NC(=O)C2CC2)c(N(C)C)n1. The van der Waals surface area contributed by atoms with Gasteiger partial charge in [-0.25, -0.2) is 4.98 Å². The molecule has 0 saturated heterocycles. The van der Waals surface area contributed by atoms with Gasteiger partial charge in [0, 0.05) is 25.7 Å². The molecule has 86 valence electrons. The lowest BCUT2D eigenvalue weighted by molar-refractivity contribution is -0.117. The third-order valence-corrected chi connectivity index (χ3v) is 2.64. The average Bonchev–Trinajstić information content (AvgIpc) is 3.03. The van der Waals surface area contributed by atoms with Crippen molar-refractivity contribution in [1.29, 1.82) is 0 Å². The van der Waals surface area contributed by atoms with E-state index >= 15 is 0 Å². The van der Waals surface area contributed by atoms with Gasteiger partial charge in [0.25, 0.3) is 0 Å². The highest BCUT2D eigenvalue weighted by Gasteiger charge is 2.30. The van der Waals surface area contributed by atoms with Gasteiger partial charge in [-0.1, -0.05) is 0 Å². The Kier molecular flexibility index (Phi) is 2.81. The first kappa shape index (κ1) is 10.9. The van der Waals surface area contributed by atoms with E-state index in [1.165, 1.54) is 0 Å². The van der Waals surface area contributed by atoms with Gasteiger partial charge in [-0.2, -0.15) is 0 Å². The van der Waals surface area contributed by atoms with Crippen LogP contribution in [0.1, 0.15) is 18.5 Å². The van der Waals surface area contributed by atoms with Gasteiger partial charge in [-0.15, -0.1) is 0 Å². The Morgan fingerprint density at radius 2 is 2.12 bits per heavy atom. The molecule has 1 fully saturated rings. The van der Waals surface area contributed by atoms with Crippen molar-refractivity contribution in [2.45, 2.75) is 19.8 Å². The first-order valence-corrected chi connectivity index (χ1v) is 5.54. The fourth-order valence-corrected chi connectivity index (χ4v) is 1.56. The third-order valence-electron chi connectivity index (χ3n) is 2.64. The van der Waals surface area contributed by atoms with E-state index < -0.39 is 0 Å². The maximum absolute atomic E-state index is 11.7. The fourth-order valence-electron chi connectivity index (χ4n) is 1.56. The first-order chi connectivity index (χ1) is 7.58. The number of rotatable bonds is 3. The van der Waals surface area contributed by atoms with Crippen LogP contribution in [-0.4, -0.2) is 25.0 Å². The maximum atomic E-state index is 11.7. The maximum Gasteiger partial charge on any atom is 0.227 e. The molecule has 0 spiro atoms. The van der Waals surface area contributed by atoms with Gasteiger partial charge in [0.1, 0.15) is 0 Å². The van der Waals surface area contributed by atoms with Crippen molar-refractivity contribution in [3.63, 3.8) is 0 Å². The molecule has 0 aromatic carbocycles. The lowest BCUT2D eigenvalue weighted by Crippen LogP contribution is -2.19. The van der Waals surface area contributed by atoms with Crippen LogP contribution in [0.15, 0.2) is 12.1 Å². The Bertz CT molecular complexity index is 411. The predicted octanol–water partition coefficient (Wildman–Crippen LogP) is 1.80. The van der Waals surface area contributed by atoms with E-state index in [1.807, 2.05) is 38.1 Å². The molecule has 1 aromatic heterocycles. The van der Waals surface area contributed by atoms with E-state index in [2.05, 4.69) is 10.3 Å². The lowest BCUT2D eigenvalue weighted by atomic mass is 10.3. The molecule has 0 bridgehead atoms. The second-order valence-corrected chi connectivity index (χ2v) is 4.48. The van der Waals surface area contributed by atoms with E-state index in [1.54, 1.807) is 0 Å². The monoisotopic (exact) mass is 219 g/mol. The van der Waals surface area contributed by atoms with E-state index in [9.17, 15) is 4.79 Å². The van der Waals surface area contributed by atoms with Crippen LogP contribution in [0.3, 0.4) is 0 Å². The number of pyridine rings is 1. The van der Waals surface area contributed by atoms with Gasteiger partial charge in [-0.05, 0) is 31.9 Å². The summed E-state index contributed by atoms with van der Waals surface area (Å²) in [7, 11) is 3.85. The fraction of sp³-hybridized carbons (Fsp3) is 0.500. The molecule has 0 atom stereocenters. The quantitative estimate of drug-likeness (QED) is 0.843. The molecular formula is C12H17N3O. The molecule has 0 unspecified atom stereocenters. The lowest BCUT2D eigenvalue weighted by Gasteiger charge is -2.17. The number of hydrogen-bond donors (Lipinski definition) is 1. The number of nitrogens with zero attached hydrogens (tertiary/aromatic N) is 2. The van der Waals surface area contributed by atoms with E-state index in [-0.39, 0.29) is 11.8 Å². The summed E-state index contributed by atoms with van der Waals surface area (Å²) in [5.74, 6) is 1.15. The van der Waals surface area contributed by atoms with Crippen LogP contribution in [0.25, 0.3) is 0 Å². The van der Waals surface area contributed by atoms with Crippen LogP contribution >= 0.6 is 0 Å². The summed E-state index contributed by atoms with van der Waals surface area (Å²) < 4.78 is 0. The zero-order valence-electron chi connectivity index (χ0n) is 9.95. The van der Waals surface area contributed by atoms with Gasteiger partial charge in [0.2, 0.25) is 5.91 Å². The number of amides is 1. The highest BCUT2D eigenvalue weighted by Crippen LogP contribution is 2.31. The molecule has 4 nitrogen and oxygen atoms in total. The predicted molar refractivity (Wildman–Crippen MR) is 64.7 cm³/mol. The molecule has 2 rings (SSSR count). The topological polar surface area (TPSA) is 45.2 Å². The summed E-state index contributed by atoms with van der Waals surface area (Å²) in [6, 6.07) is 3.83. The molecule has 0 aliphatic heterocycles. The molecule has 4 heteroatoms. The minimum absolute atomic E-state index is 0.119. The van der Waals surface area contributed by atoms with Gasteiger partial charge in [0.05, 0.1) is 5.69 Å². The summed E-state index contributed by atoms with van der Waals surface area (Å²) in [5, 5.41) is 2.94. The number of aromatic nitrogens is 1. The van der Waals surface area contributed by atoms with Crippen LogP contribution in [0.5, 0.6) is 0 Å². The summed E-state index contributed by atoms with van der Waals surface area (Å²) in [6.45, 7) is 1.94. The number of aryl methyl sites for hydroxylation is 1. The summed E-state index contributed by atoms with van der Waals surface area (Å²) in [4.78, 5) is 18.0. The van der Waals surface area contributed by atoms with Crippen molar-refractivity contribution in [3.05, 3.63) is 17.8 Å². The normalized spacial score (nSPS) is 14.7. The number of hydrogen-bond acceptors (Lipinski definition) is 3. The summed E-state index contributed by atoms with van der Waals surface area (Å²) in [5.41, 5.74) is 1.75. The Morgan fingerprint density at radius 3 is 2.69 bits per heavy atom. The Morgan fingerprint density at radius 1 is 1.44 bits per heavy atom. The summed E-state index contributed by atoms with van der Waals surface area (Å²) in [6.07, 6.45) is 2.03. The molecule has 0 radical (unpaired) electrons. The molecule has 1 aliphatic carbocycles. The third kappa shape index (κ3) is 2.32. The highest BCUT2D eigenvalue weighted by atomic mass is 16.2. The molecule has 1 aromatic rings. The van der Waals surface area contributed by atoms with Crippen LogP contribution in [-0.2, 0) is 4.79 Å². The van der Waals surface area contributed by atoms with E-state index in [4.69, 9.17) is 0 Å². The minimum Gasteiger partial charge on any atom is -0.361 e. The Labute approximate surface area is 95.7 Å². The molecule has 16 heavy (non-hydrogen) atoms. The van der Waals surface area contributed by atoms with Crippen molar-refractivity contribution < 1.29 is 4.79 Å². The van der Waals surface area contributed by atoms with Crippen LogP contribution in [0.2, 0.25) is 0 Å². The van der Waals surface area contributed by atoms with Gasteiger partial charge >= 0.3 is 0 Å². The zero-order valence-corrected chi connectivity index (χ0v) is 9.95. The second-order valence-electron chi connectivity index (χ2n) is 4.48. The number of anilines is 2. The van der Waals surface area contributed by atoms with Crippen molar-refractivity contribution in [2.24, 2.45) is 5.92 Å². The molecule has 1 aliphatic rings. The smallest absolute Gasteiger partial charge is 0.227 e. The van der Waals surface area contributed by atoms with Crippen molar-refractivity contribution in [3.8, 4) is 0 Å². The Hall–Kier alpha value is -1.58. The highest BCUT2D eigenvalue weighted by molar-refractivity contribution is 5.96. The largest absolute Gasteiger partial charge is 0.361 e. The van der Waals surface area contributed by atoms with Crippen LogP contribution in [0, 0.1) is 12.8 Å². The number of nitrogens with one attached hydrogen (secondary N) is 1. The standard InChI is InChI=1S/C12H17N3O/c1-8-4-7-10(11(13-8)15(2)3)14-12(16)9-5-6-9/h4,7,9H,5-6H2,1-3H3,(H,14,16). The van der Waals surface area contributed by atoms with Crippen LogP contribution in [0.4, 0.5) is 11.5 Å². The van der Waals surface area contributed by atoms with Crippen molar-refractivity contribution >= 4 is 17.4 Å². The van der Waals surface area contributed by atoms with Gasteiger partial charge < -0.3 is 10.2 Å². The average molecular weight is 219 g/mol. The Balaban J connectivity index is 2.21. The van der Waals surface area contributed by atoms with Crippen molar-refractivity contribution in [1.82, 2.24) is 4.98 Å². The zero-order chi connectivity index (χ0) is 11.7. The molecule has 1 saturated carbocycles. The number of carbonyl (C=O) groups is 1. The summed E-state index contributed by atoms with van der Waals surface area (Å²) >= 11 is 0.